The molecular weight excluding hydrogens is 198 g/mol. The molecule has 2 nitrogen and oxygen atoms in total. The average molecular weight is 217 g/mol. The third-order valence-electron chi connectivity index (χ3n) is 4.03. The molecule has 16 heavy (non-hydrogen) atoms. The van der Waals surface area contributed by atoms with Gasteiger partial charge in [0.1, 0.15) is 0 Å². The van der Waals surface area contributed by atoms with Crippen molar-refractivity contribution in [3.05, 3.63) is 29.3 Å². The number of aliphatic hydroxyl groups excluding tert-OH is 1. The zero-order chi connectivity index (χ0) is 11.1. The number of anilines is 1. The topological polar surface area (TPSA) is 23.5 Å². The van der Waals surface area contributed by atoms with Gasteiger partial charge in [-0.3, -0.25) is 0 Å². The Morgan fingerprint density at radius 2 is 2.19 bits per heavy atom. The van der Waals surface area contributed by atoms with Gasteiger partial charge in [-0.25, -0.2) is 0 Å². The Hall–Kier alpha value is -1.02. The van der Waals surface area contributed by atoms with E-state index in [4.69, 9.17) is 0 Å². The van der Waals surface area contributed by atoms with Crippen LogP contribution in [-0.2, 0) is 6.42 Å². The smallest absolute Gasteiger partial charge is 0.0782 e. The minimum absolute atomic E-state index is 0.351. The molecule has 0 radical (unpaired) electrons. The molecule has 1 aromatic rings. The molecule has 1 unspecified atom stereocenters. The first-order chi connectivity index (χ1) is 7.77. The lowest BCUT2D eigenvalue weighted by atomic mass is 9.91. The third-order valence-corrected chi connectivity index (χ3v) is 4.03. The summed E-state index contributed by atoms with van der Waals surface area (Å²) in [5.41, 5.74) is 3.87. The molecule has 0 saturated heterocycles. The van der Waals surface area contributed by atoms with Crippen molar-refractivity contribution in [3.8, 4) is 0 Å². The van der Waals surface area contributed by atoms with Gasteiger partial charge in [-0.1, -0.05) is 18.2 Å². The van der Waals surface area contributed by atoms with Crippen molar-refractivity contribution in [2.45, 2.75) is 44.8 Å². The predicted octanol–water partition coefficient (Wildman–Crippen LogP) is 2.65. The van der Waals surface area contributed by atoms with E-state index in [1.165, 1.54) is 30.5 Å². The molecule has 1 heterocycles. The quantitative estimate of drug-likeness (QED) is 0.823. The van der Waals surface area contributed by atoms with Crippen molar-refractivity contribution in [2.75, 3.05) is 11.4 Å². The van der Waals surface area contributed by atoms with Crippen LogP contribution >= 0.6 is 0 Å². The van der Waals surface area contributed by atoms with Crippen LogP contribution in [0.2, 0.25) is 0 Å². The van der Waals surface area contributed by atoms with E-state index >= 15 is 0 Å². The van der Waals surface area contributed by atoms with E-state index < -0.39 is 0 Å². The zero-order valence-electron chi connectivity index (χ0n) is 9.82. The molecular formula is C14H19NO. The number of hydrogen-bond acceptors (Lipinski definition) is 2. The second-order valence-electron chi connectivity index (χ2n) is 5.06. The normalized spacial score (nSPS) is 21.8. The lowest BCUT2D eigenvalue weighted by Crippen LogP contribution is -2.39. The van der Waals surface area contributed by atoms with Crippen LogP contribution in [0, 0.1) is 0 Å². The maximum atomic E-state index is 9.85. The summed E-state index contributed by atoms with van der Waals surface area (Å²) in [6.45, 7) is 3.01. The van der Waals surface area contributed by atoms with Gasteiger partial charge in [0.2, 0.25) is 0 Å². The number of rotatable bonds is 2. The summed E-state index contributed by atoms with van der Waals surface area (Å²) in [6, 6.07) is 7.09. The largest absolute Gasteiger partial charge is 0.389 e. The molecule has 3 rings (SSSR count). The second-order valence-corrected chi connectivity index (χ2v) is 5.06. The van der Waals surface area contributed by atoms with E-state index in [0.717, 1.165) is 24.6 Å². The van der Waals surface area contributed by atoms with E-state index in [1.54, 1.807) is 0 Å². The van der Waals surface area contributed by atoms with Gasteiger partial charge >= 0.3 is 0 Å². The summed E-state index contributed by atoms with van der Waals surface area (Å²) < 4.78 is 0. The fraction of sp³-hybridized carbons (Fsp3) is 0.571. The van der Waals surface area contributed by atoms with Crippen molar-refractivity contribution in [2.24, 2.45) is 0 Å². The highest BCUT2D eigenvalue weighted by Gasteiger charge is 2.32. The number of hydrogen-bond donors (Lipinski definition) is 1. The lowest BCUT2D eigenvalue weighted by molar-refractivity contribution is 0.199. The van der Waals surface area contributed by atoms with Crippen molar-refractivity contribution in [1.29, 1.82) is 0 Å². The number of nitrogens with zero attached hydrogens (tertiary/aromatic N) is 1. The lowest BCUT2D eigenvalue weighted by Gasteiger charge is -2.38. The molecule has 1 aliphatic heterocycles. The van der Waals surface area contributed by atoms with Gasteiger partial charge in [0.15, 0.2) is 0 Å². The summed E-state index contributed by atoms with van der Waals surface area (Å²) in [4.78, 5) is 2.53. The third kappa shape index (κ3) is 1.44. The summed E-state index contributed by atoms with van der Waals surface area (Å²) in [5.74, 6) is 0. The molecule has 0 bridgehead atoms. The fourth-order valence-corrected chi connectivity index (χ4v) is 2.92. The average Bonchev–Trinajstić information content (AvgIpc) is 2.59. The highest BCUT2D eigenvalue weighted by atomic mass is 16.3. The maximum absolute atomic E-state index is 9.85. The Kier molecular flexibility index (Phi) is 2.40. The molecule has 1 aliphatic carbocycles. The molecule has 0 amide bonds. The molecule has 86 valence electrons. The molecule has 1 atom stereocenters. The van der Waals surface area contributed by atoms with E-state index in [1.807, 2.05) is 6.92 Å². The predicted molar refractivity (Wildman–Crippen MR) is 65.8 cm³/mol. The molecule has 1 aromatic carbocycles. The van der Waals surface area contributed by atoms with Gasteiger partial charge in [-0.2, -0.15) is 0 Å². The minimum atomic E-state index is -0.351. The Bertz CT molecular complexity index is 396. The standard InChI is InChI=1S/C14H19NO/c1-10(16)13-7-2-4-11-8-9-15(14(11)13)12-5-3-6-12/h2,4,7,10,12,16H,3,5-6,8-9H2,1H3. The Balaban J connectivity index is 2.01. The van der Waals surface area contributed by atoms with Crippen LogP contribution in [0.1, 0.15) is 43.4 Å². The molecule has 1 N–H and O–H groups in total. The second kappa shape index (κ2) is 3.77. The van der Waals surface area contributed by atoms with E-state index in [-0.39, 0.29) is 6.10 Å². The minimum Gasteiger partial charge on any atom is -0.389 e. The van der Waals surface area contributed by atoms with Gasteiger partial charge in [-0.05, 0) is 38.2 Å². The van der Waals surface area contributed by atoms with Crippen LogP contribution < -0.4 is 4.90 Å². The number of para-hydroxylation sites is 1. The van der Waals surface area contributed by atoms with Crippen molar-refractivity contribution in [1.82, 2.24) is 0 Å². The van der Waals surface area contributed by atoms with Crippen molar-refractivity contribution in [3.63, 3.8) is 0 Å². The SMILES string of the molecule is CC(O)c1cccc2c1N(C1CCC1)CC2. The van der Waals surface area contributed by atoms with Gasteiger partial charge in [0, 0.05) is 23.8 Å². The van der Waals surface area contributed by atoms with Crippen molar-refractivity contribution >= 4 is 5.69 Å². The summed E-state index contributed by atoms with van der Waals surface area (Å²) in [6.07, 6.45) is 4.82. The van der Waals surface area contributed by atoms with Crippen LogP contribution in [0.3, 0.4) is 0 Å². The van der Waals surface area contributed by atoms with Crippen molar-refractivity contribution < 1.29 is 5.11 Å². The highest BCUT2D eigenvalue weighted by Crippen LogP contribution is 2.40. The van der Waals surface area contributed by atoms with Gasteiger partial charge < -0.3 is 10.0 Å². The van der Waals surface area contributed by atoms with Gasteiger partial charge in [0.25, 0.3) is 0 Å². The Labute approximate surface area is 96.9 Å². The molecule has 1 fully saturated rings. The fourth-order valence-electron chi connectivity index (χ4n) is 2.92. The highest BCUT2D eigenvalue weighted by molar-refractivity contribution is 5.64. The van der Waals surface area contributed by atoms with Crippen LogP contribution in [0.5, 0.6) is 0 Å². The molecule has 2 aliphatic rings. The summed E-state index contributed by atoms with van der Waals surface area (Å²) >= 11 is 0. The first kappa shape index (κ1) is 10.2. The van der Waals surface area contributed by atoms with Crippen LogP contribution in [-0.4, -0.2) is 17.7 Å². The van der Waals surface area contributed by atoms with Crippen LogP contribution in [0.25, 0.3) is 0 Å². The first-order valence-electron chi connectivity index (χ1n) is 6.34. The molecule has 0 spiro atoms. The monoisotopic (exact) mass is 217 g/mol. The van der Waals surface area contributed by atoms with E-state index in [9.17, 15) is 5.11 Å². The van der Waals surface area contributed by atoms with E-state index in [2.05, 4.69) is 23.1 Å². The maximum Gasteiger partial charge on any atom is 0.0782 e. The number of aliphatic hydroxyl groups is 1. The van der Waals surface area contributed by atoms with Crippen LogP contribution in [0.4, 0.5) is 5.69 Å². The zero-order valence-corrected chi connectivity index (χ0v) is 9.82. The number of benzene rings is 1. The van der Waals surface area contributed by atoms with E-state index in [0.29, 0.717) is 0 Å². The summed E-state index contributed by atoms with van der Waals surface area (Å²) in [5, 5.41) is 9.85. The van der Waals surface area contributed by atoms with Gasteiger partial charge in [0.05, 0.1) is 6.10 Å². The molecule has 0 aromatic heterocycles. The Morgan fingerprint density at radius 1 is 1.38 bits per heavy atom. The van der Waals surface area contributed by atoms with Crippen LogP contribution in [0.15, 0.2) is 18.2 Å². The number of fused-ring (bicyclic) bond motifs is 1. The Morgan fingerprint density at radius 3 is 2.81 bits per heavy atom. The van der Waals surface area contributed by atoms with Gasteiger partial charge in [-0.15, -0.1) is 0 Å². The molecule has 1 saturated carbocycles. The summed E-state index contributed by atoms with van der Waals surface area (Å²) in [7, 11) is 0. The first-order valence-corrected chi connectivity index (χ1v) is 6.34. The molecule has 2 heteroatoms.